The second-order valence-electron chi connectivity index (χ2n) is 5.69. The Balaban J connectivity index is 1.55. The maximum atomic E-state index is 12.0. The molecule has 23 heavy (non-hydrogen) atoms. The van der Waals surface area contributed by atoms with Gasteiger partial charge < -0.3 is 20.5 Å². The lowest BCUT2D eigenvalue weighted by Gasteiger charge is -2.14. The number of fused-ring (bicyclic) bond motifs is 1. The van der Waals surface area contributed by atoms with E-state index >= 15 is 0 Å². The Hall–Kier alpha value is -2.18. The minimum atomic E-state index is -0.233. The fraction of sp³-hybridized carbons (Fsp3) is 0.412. The van der Waals surface area contributed by atoms with Crippen LogP contribution in [0.3, 0.4) is 0 Å². The number of carbonyl (C=O) groups excluding carboxylic acids is 1. The summed E-state index contributed by atoms with van der Waals surface area (Å²) in [5.41, 5.74) is 0. The van der Waals surface area contributed by atoms with Gasteiger partial charge in [-0.1, -0.05) is 0 Å². The number of ether oxygens (including phenoxy) is 1. The second-order valence-corrected chi connectivity index (χ2v) is 5.69. The Morgan fingerprint density at radius 1 is 1.39 bits per heavy atom. The summed E-state index contributed by atoms with van der Waals surface area (Å²) in [6.45, 7) is 1.23. The predicted molar refractivity (Wildman–Crippen MR) is 87.3 cm³/mol. The zero-order valence-electron chi connectivity index (χ0n) is 12.9. The molecular formula is C17H21N3O3. The van der Waals surface area contributed by atoms with E-state index in [-0.39, 0.29) is 24.7 Å². The first kappa shape index (κ1) is 15.7. The molecule has 1 amide bonds. The summed E-state index contributed by atoms with van der Waals surface area (Å²) in [5.74, 6) is 0.769. The molecule has 0 radical (unpaired) electrons. The van der Waals surface area contributed by atoms with Crippen molar-refractivity contribution in [2.75, 3.05) is 19.7 Å². The van der Waals surface area contributed by atoms with Crippen molar-refractivity contribution in [1.82, 2.24) is 15.6 Å². The van der Waals surface area contributed by atoms with Crippen molar-refractivity contribution in [3.8, 4) is 5.75 Å². The van der Waals surface area contributed by atoms with Crippen molar-refractivity contribution in [2.45, 2.75) is 25.0 Å². The number of carbonyl (C=O) groups is 1. The van der Waals surface area contributed by atoms with E-state index < -0.39 is 0 Å². The zero-order valence-corrected chi connectivity index (χ0v) is 12.9. The second kappa shape index (κ2) is 7.39. The van der Waals surface area contributed by atoms with Gasteiger partial charge >= 0.3 is 0 Å². The molecule has 122 valence electrons. The molecule has 3 rings (SSSR count). The number of rotatable bonds is 6. The van der Waals surface area contributed by atoms with Crippen LogP contribution < -0.4 is 15.4 Å². The molecule has 1 saturated heterocycles. The normalized spacial score (nSPS) is 20.6. The van der Waals surface area contributed by atoms with Gasteiger partial charge in [-0.15, -0.1) is 0 Å². The molecule has 3 N–H and O–H groups in total. The van der Waals surface area contributed by atoms with Crippen LogP contribution in [0, 0.1) is 0 Å². The molecule has 2 atom stereocenters. The molecule has 1 aliphatic heterocycles. The summed E-state index contributed by atoms with van der Waals surface area (Å²) < 4.78 is 5.99. The first-order valence-corrected chi connectivity index (χ1v) is 7.88. The molecule has 2 heterocycles. The SMILES string of the molecule is O=C(NCCCO)[C@@H]1C[C@@H](Oc2ccc3cnccc3c2)CN1. The van der Waals surface area contributed by atoms with E-state index in [4.69, 9.17) is 9.84 Å². The topological polar surface area (TPSA) is 83.5 Å². The van der Waals surface area contributed by atoms with Crippen LogP contribution in [0.4, 0.5) is 0 Å². The highest BCUT2D eigenvalue weighted by Crippen LogP contribution is 2.22. The number of benzene rings is 1. The predicted octanol–water partition coefficient (Wildman–Crippen LogP) is 0.843. The summed E-state index contributed by atoms with van der Waals surface area (Å²) >= 11 is 0. The highest BCUT2D eigenvalue weighted by Gasteiger charge is 2.30. The molecule has 0 bridgehead atoms. The Kier molecular flexibility index (Phi) is 5.05. The lowest BCUT2D eigenvalue weighted by Crippen LogP contribution is -2.40. The Morgan fingerprint density at radius 3 is 3.17 bits per heavy atom. The van der Waals surface area contributed by atoms with Crippen molar-refractivity contribution in [2.24, 2.45) is 0 Å². The largest absolute Gasteiger partial charge is 0.489 e. The molecule has 2 aromatic rings. The van der Waals surface area contributed by atoms with Crippen LogP contribution in [0.5, 0.6) is 5.75 Å². The summed E-state index contributed by atoms with van der Waals surface area (Å²) in [6, 6.07) is 7.62. The van der Waals surface area contributed by atoms with Gasteiger partial charge in [-0.2, -0.15) is 0 Å². The Labute approximate surface area is 134 Å². The van der Waals surface area contributed by atoms with Gasteiger partial charge in [0.1, 0.15) is 11.9 Å². The number of pyridine rings is 1. The van der Waals surface area contributed by atoms with Crippen LogP contribution in [0.2, 0.25) is 0 Å². The highest BCUT2D eigenvalue weighted by molar-refractivity contribution is 5.83. The molecule has 1 aromatic heterocycles. The van der Waals surface area contributed by atoms with Gasteiger partial charge in [-0.25, -0.2) is 0 Å². The summed E-state index contributed by atoms with van der Waals surface area (Å²) in [6.07, 6.45) is 4.77. The fourth-order valence-corrected chi connectivity index (χ4v) is 2.73. The van der Waals surface area contributed by atoms with E-state index in [1.54, 1.807) is 6.20 Å². The number of amides is 1. The lowest BCUT2D eigenvalue weighted by atomic mass is 10.1. The van der Waals surface area contributed by atoms with E-state index in [1.165, 1.54) is 0 Å². The quantitative estimate of drug-likeness (QED) is 0.688. The van der Waals surface area contributed by atoms with Crippen LogP contribution >= 0.6 is 0 Å². The number of nitrogens with zero attached hydrogens (tertiary/aromatic N) is 1. The standard InChI is InChI=1S/C17H21N3O3/c21-7-1-5-19-17(22)16-9-15(11-20-16)23-14-3-2-13-10-18-6-4-12(13)8-14/h2-4,6,8,10,15-16,20-21H,1,5,7,9,11H2,(H,19,22)/t15-,16+/m1/s1. The molecule has 6 heteroatoms. The van der Waals surface area contributed by atoms with Gasteiger partial charge in [-0.3, -0.25) is 9.78 Å². The van der Waals surface area contributed by atoms with Crippen LogP contribution in [0.25, 0.3) is 10.8 Å². The minimum Gasteiger partial charge on any atom is -0.489 e. The lowest BCUT2D eigenvalue weighted by molar-refractivity contribution is -0.122. The number of aliphatic hydroxyl groups excluding tert-OH is 1. The molecule has 6 nitrogen and oxygen atoms in total. The monoisotopic (exact) mass is 315 g/mol. The van der Waals surface area contributed by atoms with Gasteiger partial charge in [0.05, 0.1) is 6.04 Å². The van der Waals surface area contributed by atoms with E-state index in [2.05, 4.69) is 15.6 Å². The van der Waals surface area contributed by atoms with Gasteiger partial charge in [0.25, 0.3) is 0 Å². The average molecular weight is 315 g/mol. The third-order valence-corrected chi connectivity index (χ3v) is 3.96. The van der Waals surface area contributed by atoms with Crippen LogP contribution in [0.1, 0.15) is 12.8 Å². The van der Waals surface area contributed by atoms with Crippen molar-refractivity contribution in [3.05, 3.63) is 36.7 Å². The molecule has 0 spiro atoms. The van der Waals surface area contributed by atoms with E-state index in [0.717, 1.165) is 16.5 Å². The summed E-state index contributed by atoms with van der Waals surface area (Å²) in [4.78, 5) is 16.1. The fourth-order valence-electron chi connectivity index (χ4n) is 2.73. The molecule has 1 fully saturated rings. The van der Waals surface area contributed by atoms with E-state index in [0.29, 0.717) is 25.9 Å². The summed E-state index contributed by atoms with van der Waals surface area (Å²) in [7, 11) is 0. The van der Waals surface area contributed by atoms with Gasteiger partial charge in [0.15, 0.2) is 0 Å². The Morgan fingerprint density at radius 2 is 2.30 bits per heavy atom. The molecular weight excluding hydrogens is 294 g/mol. The van der Waals surface area contributed by atoms with Crippen LogP contribution in [-0.4, -0.2) is 47.8 Å². The molecule has 0 saturated carbocycles. The minimum absolute atomic E-state index is 0.0251. The number of hydrogen-bond donors (Lipinski definition) is 3. The zero-order chi connectivity index (χ0) is 16.1. The van der Waals surface area contributed by atoms with Crippen LogP contribution in [-0.2, 0) is 4.79 Å². The average Bonchev–Trinajstić information content (AvgIpc) is 3.03. The summed E-state index contributed by atoms with van der Waals surface area (Å²) in [5, 5.41) is 16.9. The number of hydrogen-bond acceptors (Lipinski definition) is 5. The van der Waals surface area contributed by atoms with E-state index in [1.807, 2.05) is 30.5 Å². The Bertz CT molecular complexity index is 677. The first-order chi connectivity index (χ1) is 11.3. The van der Waals surface area contributed by atoms with Crippen molar-refractivity contribution in [3.63, 3.8) is 0 Å². The first-order valence-electron chi connectivity index (χ1n) is 7.88. The van der Waals surface area contributed by atoms with Crippen LogP contribution in [0.15, 0.2) is 36.7 Å². The van der Waals surface area contributed by atoms with Crippen molar-refractivity contribution >= 4 is 16.7 Å². The molecule has 1 aromatic carbocycles. The van der Waals surface area contributed by atoms with Gasteiger partial charge in [0.2, 0.25) is 5.91 Å². The molecule has 0 unspecified atom stereocenters. The van der Waals surface area contributed by atoms with Gasteiger partial charge in [0, 0.05) is 43.9 Å². The van der Waals surface area contributed by atoms with Crippen molar-refractivity contribution < 1.29 is 14.6 Å². The maximum absolute atomic E-state index is 12.0. The third-order valence-electron chi connectivity index (χ3n) is 3.96. The number of nitrogens with one attached hydrogen (secondary N) is 2. The smallest absolute Gasteiger partial charge is 0.237 e. The van der Waals surface area contributed by atoms with Gasteiger partial charge in [-0.05, 0) is 36.1 Å². The molecule has 0 aliphatic carbocycles. The van der Waals surface area contributed by atoms with E-state index in [9.17, 15) is 4.79 Å². The third kappa shape index (κ3) is 3.97. The molecule has 1 aliphatic rings. The number of aromatic nitrogens is 1. The maximum Gasteiger partial charge on any atom is 0.237 e. The highest BCUT2D eigenvalue weighted by atomic mass is 16.5. The van der Waals surface area contributed by atoms with Crippen molar-refractivity contribution in [1.29, 1.82) is 0 Å². The number of aliphatic hydroxyl groups is 1.